The summed E-state index contributed by atoms with van der Waals surface area (Å²) in [6, 6.07) is 67.3. The molecule has 7 aromatic carbocycles. The van der Waals surface area contributed by atoms with Crippen LogP contribution in [0.3, 0.4) is 0 Å². The molecule has 11 rings (SSSR count). The third-order valence-corrected chi connectivity index (χ3v) is 12.3. The average molecular weight is 1030 g/mol. The minimum atomic E-state index is -0.228. The van der Waals surface area contributed by atoms with E-state index in [9.17, 15) is 0 Å². The number of rotatable bonds is 7. The van der Waals surface area contributed by atoms with E-state index in [0.29, 0.717) is 11.5 Å². The molecule has 0 amide bonds. The third-order valence-electron chi connectivity index (χ3n) is 12.3. The second-order valence-electron chi connectivity index (χ2n) is 18.6. The molecule has 1 aliphatic rings. The Labute approximate surface area is 395 Å². The molecule has 0 saturated carbocycles. The molecule has 0 atom stereocenters. The van der Waals surface area contributed by atoms with E-state index in [1.807, 2.05) is 12.3 Å². The molecular weight excluding hydrogens is 978 g/mol. The summed E-state index contributed by atoms with van der Waals surface area (Å²) in [5, 5.41) is 4.45. The molecule has 0 aliphatic carbocycles. The molecular formula is C58H48N5OPt-3. The van der Waals surface area contributed by atoms with Crippen LogP contribution in [0.4, 0.5) is 5.69 Å². The van der Waals surface area contributed by atoms with Gasteiger partial charge in [0.2, 0.25) is 0 Å². The van der Waals surface area contributed by atoms with Gasteiger partial charge < -0.3 is 23.7 Å². The van der Waals surface area contributed by atoms with E-state index in [4.69, 9.17) is 9.72 Å². The molecule has 6 nitrogen and oxygen atoms in total. The van der Waals surface area contributed by atoms with Crippen LogP contribution in [-0.2, 0) is 26.5 Å². The molecule has 65 heavy (non-hydrogen) atoms. The van der Waals surface area contributed by atoms with Gasteiger partial charge in [0, 0.05) is 72.4 Å². The van der Waals surface area contributed by atoms with E-state index in [1.54, 1.807) is 0 Å². The van der Waals surface area contributed by atoms with Crippen LogP contribution < -0.4 is 9.64 Å². The fraction of sp³-hybridized carbons (Fsp3) is 0.138. The summed E-state index contributed by atoms with van der Waals surface area (Å²) in [4.78, 5) is 9.64. The number of anilines is 1. The molecule has 7 heteroatoms. The minimum Gasteiger partial charge on any atom is -0.507 e. The first-order chi connectivity index (χ1) is 31.0. The Morgan fingerprint density at radius 1 is 0.569 bits per heavy atom. The van der Waals surface area contributed by atoms with Crippen LogP contribution in [0.25, 0.3) is 66.5 Å². The van der Waals surface area contributed by atoms with E-state index in [1.165, 1.54) is 5.56 Å². The number of pyridine rings is 1. The molecule has 0 spiro atoms. The van der Waals surface area contributed by atoms with E-state index < -0.39 is 0 Å². The molecule has 0 fully saturated rings. The van der Waals surface area contributed by atoms with Crippen LogP contribution in [0.1, 0.15) is 58.2 Å². The summed E-state index contributed by atoms with van der Waals surface area (Å²) in [6.07, 6.45) is 1.92. The molecule has 0 bridgehead atoms. The van der Waals surface area contributed by atoms with Crippen molar-refractivity contribution in [2.45, 2.75) is 52.5 Å². The SMILES string of the molecule is CC(C)(C)c1ccnc(-n2c3[c-]c(Oc4[c-]c(N5[CH-]N(C(C)(C)C)C(c6ccccc6)=C5c5ccccc5)ccc4)c4c(c5ccccc5n4-c4ccccc4)c3c3ccccc32)c1.[Pt]. The topological polar surface area (TPSA) is 38.5 Å². The summed E-state index contributed by atoms with van der Waals surface area (Å²) >= 11 is 0. The van der Waals surface area contributed by atoms with Gasteiger partial charge in [0.1, 0.15) is 5.82 Å². The van der Waals surface area contributed by atoms with Crippen molar-refractivity contribution in [1.29, 1.82) is 0 Å². The molecule has 0 unspecified atom stereocenters. The zero-order valence-corrected chi connectivity index (χ0v) is 39.6. The number of fused-ring (bicyclic) bond motifs is 7. The monoisotopic (exact) mass is 1030 g/mol. The number of hydrogen-bond acceptors (Lipinski definition) is 4. The Kier molecular flexibility index (Phi) is 10.5. The van der Waals surface area contributed by atoms with Crippen molar-refractivity contribution in [3.8, 4) is 23.0 Å². The number of ether oxygens (including phenoxy) is 1. The predicted molar refractivity (Wildman–Crippen MR) is 264 cm³/mol. The standard InChI is InChI=1S/C58H48N5O.Pt/c1-57(2,3)41-33-34-59-51(35-41)63-48-32-19-16-29-45(48)52-49(63)37-50(56-53(52)46-30-17-18-31-47(46)62(56)42-25-14-9-15-26-42)64-44-28-20-27-43(36-44)60-38-61(58(4,5)6)55(40-23-12-8-13-24-40)54(60)39-21-10-7-11-22-39;/h7-35,38H,1-6H3;/q-3;. The van der Waals surface area contributed by atoms with E-state index in [2.05, 4.69) is 243 Å². The van der Waals surface area contributed by atoms with Crippen LogP contribution in [-0.4, -0.2) is 24.6 Å². The number of aromatic nitrogens is 3. The van der Waals surface area contributed by atoms with Gasteiger partial charge >= 0.3 is 0 Å². The van der Waals surface area contributed by atoms with Gasteiger partial charge in [0.05, 0.1) is 0 Å². The van der Waals surface area contributed by atoms with Gasteiger partial charge in [-0.15, -0.1) is 30.0 Å². The molecule has 1 aliphatic heterocycles. The van der Waals surface area contributed by atoms with Crippen molar-refractivity contribution in [2.24, 2.45) is 0 Å². The summed E-state index contributed by atoms with van der Waals surface area (Å²) in [6.45, 7) is 15.7. The van der Waals surface area contributed by atoms with E-state index in [-0.39, 0.29) is 32.0 Å². The molecule has 0 N–H and O–H groups in total. The first kappa shape index (κ1) is 42.1. The first-order valence-electron chi connectivity index (χ1n) is 22.0. The second kappa shape index (κ2) is 16.3. The van der Waals surface area contributed by atoms with Crippen molar-refractivity contribution in [3.63, 3.8) is 0 Å². The Bertz CT molecular complexity index is 3410. The summed E-state index contributed by atoms with van der Waals surface area (Å²) in [7, 11) is 0. The maximum absolute atomic E-state index is 7.27. The van der Waals surface area contributed by atoms with Crippen LogP contribution in [0.5, 0.6) is 11.5 Å². The Morgan fingerprint density at radius 3 is 1.80 bits per heavy atom. The summed E-state index contributed by atoms with van der Waals surface area (Å²) in [5.74, 6) is 2.01. The zero-order valence-electron chi connectivity index (χ0n) is 37.3. The zero-order chi connectivity index (χ0) is 43.7. The van der Waals surface area contributed by atoms with Crippen molar-refractivity contribution in [3.05, 3.63) is 212 Å². The Hall–Kier alpha value is -6.88. The molecule has 324 valence electrons. The number of para-hydroxylation sites is 3. The van der Waals surface area contributed by atoms with Gasteiger partial charge in [-0.25, -0.2) is 4.98 Å². The van der Waals surface area contributed by atoms with E-state index in [0.717, 1.165) is 83.3 Å². The molecule has 3 aromatic heterocycles. The van der Waals surface area contributed by atoms with Gasteiger partial charge in [0.15, 0.2) is 0 Å². The molecule has 0 radical (unpaired) electrons. The predicted octanol–water partition coefficient (Wildman–Crippen LogP) is 14.5. The minimum absolute atomic E-state index is 0. The number of hydrogen-bond donors (Lipinski definition) is 0. The smallest absolute Gasteiger partial charge is 0.135 e. The fourth-order valence-corrected chi connectivity index (χ4v) is 9.29. The van der Waals surface area contributed by atoms with Gasteiger partial charge in [-0.1, -0.05) is 152 Å². The molecule has 10 aromatic rings. The van der Waals surface area contributed by atoms with Crippen molar-refractivity contribution >= 4 is 60.7 Å². The van der Waals surface area contributed by atoms with Crippen LogP contribution in [0.2, 0.25) is 0 Å². The Balaban J connectivity index is 0.00000498. The maximum Gasteiger partial charge on any atom is 0.135 e. The number of benzene rings is 7. The normalized spacial score (nSPS) is 13.4. The average Bonchev–Trinajstić information content (AvgIpc) is 3.99. The van der Waals surface area contributed by atoms with Gasteiger partial charge in [0.25, 0.3) is 0 Å². The summed E-state index contributed by atoms with van der Waals surface area (Å²) in [5.41, 5.74) is 11.2. The van der Waals surface area contributed by atoms with Crippen molar-refractivity contribution in [1.82, 2.24) is 19.0 Å². The van der Waals surface area contributed by atoms with E-state index >= 15 is 0 Å². The van der Waals surface area contributed by atoms with Gasteiger partial charge in [-0.05, 0) is 95.6 Å². The van der Waals surface area contributed by atoms with Crippen molar-refractivity contribution in [2.75, 3.05) is 4.90 Å². The molecule has 4 heterocycles. The number of nitrogens with zero attached hydrogens (tertiary/aromatic N) is 5. The van der Waals surface area contributed by atoms with Crippen LogP contribution in [0.15, 0.2) is 176 Å². The van der Waals surface area contributed by atoms with Crippen molar-refractivity contribution < 1.29 is 25.8 Å². The van der Waals surface area contributed by atoms with Crippen LogP contribution in [0, 0.1) is 18.8 Å². The quantitative estimate of drug-likeness (QED) is 0.149. The van der Waals surface area contributed by atoms with Crippen LogP contribution >= 0.6 is 0 Å². The fourth-order valence-electron chi connectivity index (χ4n) is 9.29. The second-order valence-corrected chi connectivity index (χ2v) is 18.6. The third kappa shape index (κ3) is 7.21. The first-order valence-corrected chi connectivity index (χ1v) is 22.0. The van der Waals surface area contributed by atoms with Gasteiger partial charge in [-0.2, -0.15) is 12.7 Å². The molecule has 0 saturated heterocycles. The Morgan fingerprint density at radius 2 is 1.15 bits per heavy atom. The maximum atomic E-state index is 7.27. The van der Waals surface area contributed by atoms with Gasteiger partial charge in [-0.3, -0.25) is 0 Å². The largest absolute Gasteiger partial charge is 0.507 e. The summed E-state index contributed by atoms with van der Waals surface area (Å²) < 4.78 is 11.8.